The first kappa shape index (κ1) is 15.7. The molecule has 6 heteroatoms. The van der Waals surface area contributed by atoms with Gasteiger partial charge in [0.15, 0.2) is 0 Å². The van der Waals surface area contributed by atoms with Crippen molar-refractivity contribution < 1.29 is 4.39 Å². The highest BCUT2D eigenvalue weighted by atomic mass is 79.9. The number of hydrogen-bond donors (Lipinski definition) is 2. The summed E-state index contributed by atoms with van der Waals surface area (Å²) >= 11 is 15.1. The van der Waals surface area contributed by atoms with E-state index in [1.54, 1.807) is 24.3 Å². The maximum absolute atomic E-state index is 13.8. The molecular formula is C14H12BrCl2FN2. The first-order chi connectivity index (χ1) is 9.51. The Morgan fingerprint density at radius 1 is 1.15 bits per heavy atom. The lowest BCUT2D eigenvalue weighted by Crippen LogP contribution is -2.30. The maximum atomic E-state index is 13.8. The maximum Gasteiger partial charge on any atom is 0.127 e. The molecule has 0 aromatic heterocycles. The Labute approximate surface area is 135 Å². The summed E-state index contributed by atoms with van der Waals surface area (Å²) in [6, 6.07) is 9.77. The van der Waals surface area contributed by atoms with E-state index in [9.17, 15) is 4.39 Å². The van der Waals surface area contributed by atoms with Gasteiger partial charge in [0.05, 0.1) is 6.04 Å². The molecular weight excluding hydrogens is 366 g/mol. The molecule has 0 saturated heterocycles. The van der Waals surface area contributed by atoms with E-state index >= 15 is 0 Å². The highest BCUT2D eigenvalue weighted by Gasteiger charge is 2.16. The summed E-state index contributed by atoms with van der Waals surface area (Å²) < 4.78 is 14.7. The summed E-state index contributed by atoms with van der Waals surface area (Å²) in [6.45, 7) is 0. The van der Waals surface area contributed by atoms with Gasteiger partial charge < -0.3 is 0 Å². The third-order valence-corrected chi connectivity index (χ3v) is 4.14. The van der Waals surface area contributed by atoms with E-state index in [-0.39, 0.29) is 11.9 Å². The lowest BCUT2D eigenvalue weighted by molar-refractivity contribution is 0.527. The van der Waals surface area contributed by atoms with Gasteiger partial charge in [-0.2, -0.15) is 0 Å². The van der Waals surface area contributed by atoms with Crippen LogP contribution in [0.4, 0.5) is 4.39 Å². The third-order valence-electron chi connectivity index (χ3n) is 2.98. The zero-order chi connectivity index (χ0) is 14.7. The normalized spacial score (nSPS) is 12.4. The second kappa shape index (κ2) is 6.87. The molecule has 0 aliphatic carbocycles. The zero-order valence-electron chi connectivity index (χ0n) is 10.3. The average Bonchev–Trinajstić information content (AvgIpc) is 2.39. The van der Waals surface area contributed by atoms with Gasteiger partial charge in [-0.3, -0.25) is 11.3 Å². The molecule has 0 fully saturated rings. The first-order valence-electron chi connectivity index (χ1n) is 5.86. The summed E-state index contributed by atoms with van der Waals surface area (Å²) in [7, 11) is 0. The Kier molecular flexibility index (Phi) is 5.41. The molecule has 0 bridgehead atoms. The van der Waals surface area contributed by atoms with E-state index in [0.717, 1.165) is 10.0 Å². The van der Waals surface area contributed by atoms with Crippen LogP contribution in [-0.4, -0.2) is 0 Å². The van der Waals surface area contributed by atoms with Crippen molar-refractivity contribution in [3.05, 3.63) is 67.9 Å². The zero-order valence-corrected chi connectivity index (χ0v) is 13.4. The van der Waals surface area contributed by atoms with E-state index in [1.165, 1.54) is 6.07 Å². The number of benzene rings is 2. The predicted molar refractivity (Wildman–Crippen MR) is 84.3 cm³/mol. The van der Waals surface area contributed by atoms with Gasteiger partial charge in [-0.05, 0) is 41.8 Å². The van der Waals surface area contributed by atoms with Gasteiger partial charge in [0, 0.05) is 14.5 Å². The summed E-state index contributed by atoms with van der Waals surface area (Å²) in [5, 5.41) is 0.991. The topological polar surface area (TPSA) is 38.0 Å². The molecule has 0 saturated carbocycles. The lowest BCUT2D eigenvalue weighted by atomic mass is 9.99. The van der Waals surface area contributed by atoms with Gasteiger partial charge in [-0.15, -0.1) is 0 Å². The highest BCUT2D eigenvalue weighted by molar-refractivity contribution is 9.10. The van der Waals surface area contributed by atoms with Crippen molar-refractivity contribution in [2.24, 2.45) is 5.84 Å². The molecule has 0 heterocycles. The van der Waals surface area contributed by atoms with Gasteiger partial charge in [0.1, 0.15) is 5.82 Å². The molecule has 1 unspecified atom stereocenters. The molecule has 0 amide bonds. The Balaban J connectivity index is 2.28. The summed E-state index contributed by atoms with van der Waals surface area (Å²) in [5.41, 5.74) is 4.15. The van der Waals surface area contributed by atoms with Crippen LogP contribution in [0.3, 0.4) is 0 Å². The molecule has 106 valence electrons. The van der Waals surface area contributed by atoms with Crippen molar-refractivity contribution in [2.45, 2.75) is 12.5 Å². The number of halogens is 4. The summed E-state index contributed by atoms with van der Waals surface area (Å²) in [5.74, 6) is 5.24. The van der Waals surface area contributed by atoms with E-state index in [1.807, 2.05) is 6.07 Å². The largest absolute Gasteiger partial charge is 0.271 e. The van der Waals surface area contributed by atoms with Gasteiger partial charge in [-0.1, -0.05) is 51.3 Å². The molecule has 2 rings (SSSR count). The van der Waals surface area contributed by atoms with Gasteiger partial charge in [0.25, 0.3) is 0 Å². The van der Waals surface area contributed by atoms with Crippen LogP contribution >= 0.6 is 39.1 Å². The molecule has 2 aromatic rings. The molecule has 0 aliphatic heterocycles. The fourth-order valence-corrected chi connectivity index (χ4v) is 3.07. The van der Waals surface area contributed by atoms with Crippen LogP contribution in [0.25, 0.3) is 0 Å². The monoisotopic (exact) mass is 376 g/mol. The van der Waals surface area contributed by atoms with Crippen LogP contribution in [0, 0.1) is 5.82 Å². The standard InChI is InChI=1S/C14H12BrCl2FN2/c15-12-6-9(16)3-4-11(12)14(20-19)5-8-1-2-10(17)7-13(8)18/h1-4,6-7,14,20H,5,19H2. The van der Waals surface area contributed by atoms with Crippen LogP contribution in [0.5, 0.6) is 0 Å². The minimum absolute atomic E-state index is 0.239. The first-order valence-corrected chi connectivity index (χ1v) is 7.41. The van der Waals surface area contributed by atoms with Gasteiger partial charge in [-0.25, -0.2) is 4.39 Å². The predicted octanol–water partition coefficient (Wildman–Crippen LogP) is 4.64. The smallest absolute Gasteiger partial charge is 0.127 e. The second-order valence-corrected chi connectivity index (χ2v) is 6.05. The molecule has 0 radical (unpaired) electrons. The molecule has 3 N–H and O–H groups in total. The van der Waals surface area contributed by atoms with Crippen LogP contribution in [-0.2, 0) is 6.42 Å². The SMILES string of the molecule is NNC(Cc1ccc(Cl)cc1F)c1ccc(Cl)cc1Br. The van der Waals surface area contributed by atoms with E-state index in [2.05, 4.69) is 21.4 Å². The van der Waals surface area contributed by atoms with Crippen molar-refractivity contribution in [2.75, 3.05) is 0 Å². The lowest BCUT2D eigenvalue weighted by Gasteiger charge is -2.18. The Hall–Kier alpha value is -0.650. The van der Waals surface area contributed by atoms with Crippen LogP contribution < -0.4 is 11.3 Å². The Bertz CT molecular complexity index is 622. The molecule has 0 spiro atoms. The average molecular weight is 378 g/mol. The van der Waals surface area contributed by atoms with Crippen molar-refractivity contribution in [3.8, 4) is 0 Å². The number of hydrogen-bond acceptors (Lipinski definition) is 2. The van der Waals surface area contributed by atoms with Crippen LogP contribution in [0.1, 0.15) is 17.2 Å². The van der Waals surface area contributed by atoms with Crippen molar-refractivity contribution in [3.63, 3.8) is 0 Å². The van der Waals surface area contributed by atoms with Crippen molar-refractivity contribution in [1.29, 1.82) is 0 Å². The quantitative estimate of drug-likeness (QED) is 0.601. The van der Waals surface area contributed by atoms with Gasteiger partial charge >= 0.3 is 0 Å². The fraction of sp³-hybridized carbons (Fsp3) is 0.143. The third kappa shape index (κ3) is 3.71. The van der Waals surface area contributed by atoms with E-state index in [0.29, 0.717) is 22.0 Å². The fourth-order valence-electron chi connectivity index (χ4n) is 1.95. The minimum Gasteiger partial charge on any atom is -0.271 e. The summed E-state index contributed by atoms with van der Waals surface area (Å²) in [4.78, 5) is 0. The molecule has 20 heavy (non-hydrogen) atoms. The van der Waals surface area contributed by atoms with E-state index < -0.39 is 0 Å². The number of rotatable bonds is 4. The molecule has 2 nitrogen and oxygen atoms in total. The molecule has 1 atom stereocenters. The van der Waals surface area contributed by atoms with Crippen molar-refractivity contribution in [1.82, 2.24) is 5.43 Å². The van der Waals surface area contributed by atoms with Crippen molar-refractivity contribution >= 4 is 39.1 Å². The minimum atomic E-state index is -0.345. The van der Waals surface area contributed by atoms with Gasteiger partial charge in [0.2, 0.25) is 0 Å². The number of nitrogens with two attached hydrogens (primary N) is 1. The molecule has 2 aromatic carbocycles. The Morgan fingerprint density at radius 3 is 2.40 bits per heavy atom. The van der Waals surface area contributed by atoms with E-state index in [4.69, 9.17) is 29.0 Å². The van der Waals surface area contributed by atoms with Crippen LogP contribution in [0.15, 0.2) is 40.9 Å². The Morgan fingerprint density at radius 2 is 1.80 bits per heavy atom. The highest BCUT2D eigenvalue weighted by Crippen LogP contribution is 2.29. The number of nitrogens with one attached hydrogen (secondary N) is 1. The number of hydrazine groups is 1. The summed E-state index contributed by atoms with van der Waals surface area (Å²) in [6.07, 6.45) is 0.403. The second-order valence-electron chi connectivity index (χ2n) is 4.32. The van der Waals surface area contributed by atoms with Crippen LogP contribution in [0.2, 0.25) is 10.0 Å². The molecule has 0 aliphatic rings.